The number of nitrogens with two attached hydrogens (primary N) is 1. The number of hydrogen-bond acceptors (Lipinski definition) is 6. The molecule has 25 heavy (non-hydrogen) atoms. The number of hydrogen-bond donors (Lipinski definition) is 1. The summed E-state index contributed by atoms with van der Waals surface area (Å²) in [4.78, 5) is 10.9. The van der Waals surface area contributed by atoms with Gasteiger partial charge in [0.2, 0.25) is 0 Å². The van der Waals surface area contributed by atoms with Crippen molar-refractivity contribution in [2.75, 3.05) is 12.9 Å². The molecule has 0 radical (unpaired) electrons. The first-order valence-electron chi connectivity index (χ1n) is 7.22. The van der Waals surface area contributed by atoms with Crippen LogP contribution >= 0.6 is 15.9 Å². The van der Waals surface area contributed by atoms with Crippen molar-refractivity contribution in [1.82, 2.24) is 0 Å². The number of benzene rings is 2. The third-order valence-electron chi connectivity index (χ3n) is 3.59. The highest BCUT2D eigenvalue weighted by Gasteiger charge is 2.36. The Morgan fingerprint density at radius 3 is 2.44 bits per heavy atom. The van der Waals surface area contributed by atoms with Crippen LogP contribution in [0.15, 0.2) is 53.0 Å². The number of nitro groups is 1. The number of halogens is 1. The summed E-state index contributed by atoms with van der Waals surface area (Å²) >= 11 is 3.20. The summed E-state index contributed by atoms with van der Waals surface area (Å²) in [7, 11) is -3.76. The summed E-state index contributed by atoms with van der Waals surface area (Å²) in [5.41, 5.74) is 5.85. The summed E-state index contributed by atoms with van der Waals surface area (Å²) in [6.45, 7) is -0.413. The highest BCUT2D eigenvalue weighted by Crippen LogP contribution is 2.33. The zero-order valence-electron chi connectivity index (χ0n) is 13.4. The van der Waals surface area contributed by atoms with Crippen LogP contribution in [0.2, 0.25) is 0 Å². The number of nitro benzene ring substituents is 1. The van der Waals surface area contributed by atoms with E-state index in [9.17, 15) is 18.5 Å². The van der Waals surface area contributed by atoms with Gasteiger partial charge in [-0.15, -0.1) is 0 Å². The van der Waals surface area contributed by atoms with E-state index in [0.29, 0.717) is 4.47 Å². The van der Waals surface area contributed by atoms with Crippen LogP contribution in [0.25, 0.3) is 0 Å². The second kappa shape index (κ2) is 7.61. The molecule has 0 heterocycles. The Kier molecular flexibility index (Phi) is 5.94. The van der Waals surface area contributed by atoms with E-state index in [1.807, 2.05) is 30.3 Å². The minimum atomic E-state index is -3.76. The van der Waals surface area contributed by atoms with Gasteiger partial charge in [-0.3, -0.25) is 14.3 Å². The predicted molar refractivity (Wildman–Crippen MR) is 97.6 cm³/mol. The Morgan fingerprint density at radius 1 is 1.24 bits per heavy atom. The zero-order valence-corrected chi connectivity index (χ0v) is 15.8. The molecule has 2 N–H and O–H groups in total. The van der Waals surface area contributed by atoms with Gasteiger partial charge in [0, 0.05) is 10.5 Å². The van der Waals surface area contributed by atoms with Gasteiger partial charge in [-0.25, -0.2) is 0 Å². The Bertz CT molecular complexity index is 873. The lowest BCUT2D eigenvalue weighted by molar-refractivity contribution is -0.386. The standard InChI is InChI=1S/C16H17BrN2O5S/c1-25(22,23)24-11-16(18,10-12-5-3-2-4-6-12)14-8-7-13(17)9-15(14)19(20)21/h2-9H,10-11,18H2,1H3. The lowest BCUT2D eigenvalue weighted by Gasteiger charge is -2.29. The smallest absolute Gasteiger partial charge is 0.275 e. The van der Waals surface area contributed by atoms with Crippen molar-refractivity contribution in [3.8, 4) is 0 Å². The molecule has 0 aliphatic rings. The van der Waals surface area contributed by atoms with Crippen molar-refractivity contribution >= 4 is 31.7 Å². The molecule has 0 bridgehead atoms. The minimum Gasteiger partial charge on any atom is -0.319 e. The average molecular weight is 429 g/mol. The first-order chi connectivity index (χ1) is 11.6. The van der Waals surface area contributed by atoms with Crippen LogP contribution in [0.5, 0.6) is 0 Å². The molecule has 1 atom stereocenters. The molecule has 0 saturated heterocycles. The quantitative estimate of drug-likeness (QED) is 0.412. The fourth-order valence-electron chi connectivity index (χ4n) is 2.47. The van der Waals surface area contributed by atoms with Crippen molar-refractivity contribution in [3.05, 3.63) is 74.2 Å². The van der Waals surface area contributed by atoms with E-state index in [0.717, 1.165) is 11.8 Å². The molecule has 2 aromatic rings. The topological polar surface area (TPSA) is 113 Å². The van der Waals surface area contributed by atoms with Crippen LogP contribution < -0.4 is 5.73 Å². The Labute approximate surface area is 154 Å². The number of rotatable bonds is 7. The van der Waals surface area contributed by atoms with Crippen LogP contribution in [-0.2, 0) is 26.3 Å². The second-order valence-electron chi connectivity index (χ2n) is 5.70. The molecule has 2 aromatic carbocycles. The fourth-order valence-corrected chi connectivity index (χ4v) is 3.25. The fraction of sp³-hybridized carbons (Fsp3) is 0.250. The molecule has 1 unspecified atom stereocenters. The molecular weight excluding hydrogens is 412 g/mol. The van der Waals surface area contributed by atoms with E-state index in [2.05, 4.69) is 15.9 Å². The maximum Gasteiger partial charge on any atom is 0.275 e. The molecular formula is C16H17BrN2O5S. The second-order valence-corrected chi connectivity index (χ2v) is 8.26. The molecule has 0 aliphatic carbocycles. The van der Waals surface area contributed by atoms with Crippen LogP contribution in [0.4, 0.5) is 5.69 Å². The van der Waals surface area contributed by atoms with Gasteiger partial charge in [0.15, 0.2) is 0 Å². The average Bonchev–Trinajstić information content (AvgIpc) is 2.53. The van der Waals surface area contributed by atoms with Gasteiger partial charge in [-0.05, 0) is 24.1 Å². The van der Waals surface area contributed by atoms with E-state index in [-0.39, 0.29) is 17.7 Å². The predicted octanol–water partition coefficient (Wildman–Crippen LogP) is 2.73. The minimum absolute atomic E-state index is 0.172. The third kappa shape index (κ3) is 5.33. The van der Waals surface area contributed by atoms with E-state index in [4.69, 9.17) is 9.92 Å². The van der Waals surface area contributed by atoms with Crippen molar-refractivity contribution < 1.29 is 17.5 Å². The van der Waals surface area contributed by atoms with Gasteiger partial charge in [0.05, 0.1) is 28.9 Å². The summed E-state index contributed by atoms with van der Waals surface area (Å²) in [6.07, 6.45) is 1.08. The normalized spacial score (nSPS) is 14.0. The molecule has 7 nitrogen and oxygen atoms in total. The van der Waals surface area contributed by atoms with Gasteiger partial charge < -0.3 is 5.73 Å². The van der Waals surface area contributed by atoms with Gasteiger partial charge in [-0.2, -0.15) is 8.42 Å². The molecule has 134 valence electrons. The van der Waals surface area contributed by atoms with Gasteiger partial charge in [0.25, 0.3) is 15.8 Å². The van der Waals surface area contributed by atoms with Gasteiger partial charge in [-0.1, -0.05) is 46.3 Å². The Balaban J connectivity index is 2.52. The van der Waals surface area contributed by atoms with E-state index < -0.39 is 27.2 Å². The Hall–Kier alpha value is -1.81. The van der Waals surface area contributed by atoms with E-state index in [1.54, 1.807) is 6.07 Å². The molecule has 0 spiro atoms. The van der Waals surface area contributed by atoms with Crippen molar-refractivity contribution in [3.63, 3.8) is 0 Å². The Morgan fingerprint density at radius 2 is 1.88 bits per heavy atom. The first-order valence-corrected chi connectivity index (χ1v) is 9.83. The molecule has 0 saturated carbocycles. The molecule has 0 aliphatic heterocycles. The van der Waals surface area contributed by atoms with Crippen LogP contribution in [0.1, 0.15) is 11.1 Å². The van der Waals surface area contributed by atoms with E-state index >= 15 is 0 Å². The van der Waals surface area contributed by atoms with Gasteiger partial charge in [0.1, 0.15) is 0 Å². The summed E-state index contributed by atoms with van der Waals surface area (Å²) in [5.74, 6) is 0. The monoisotopic (exact) mass is 428 g/mol. The van der Waals surface area contributed by atoms with Crippen molar-refractivity contribution in [2.24, 2.45) is 5.73 Å². The molecule has 0 fully saturated rings. The molecule has 2 rings (SSSR count). The SMILES string of the molecule is CS(=O)(=O)OCC(N)(Cc1ccccc1)c1ccc(Br)cc1[N+](=O)[O-]. The van der Waals surface area contributed by atoms with Crippen LogP contribution in [-0.4, -0.2) is 26.2 Å². The van der Waals surface area contributed by atoms with E-state index in [1.165, 1.54) is 12.1 Å². The lowest BCUT2D eigenvalue weighted by atomic mass is 9.84. The summed E-state index contributed by atoms with van der Waals surface area (Å²) in [6, 6.07) is 13.5. The summed E-state index contributed by atoms with van der Waals surface area (Å²) in [5, 5.41) is 11.4. The molecule has 0 amide bonds. The zero-order chi connectivity index (χ0) is 18.7. The van der Waals surface area contributed by atoms with Gasteiger partial charge >= 0.3 is 0 Å². The number of nitrogens with zero attached hydrogens (tertiary/aromatic N) is 1. The third-order valence-corrected chi connectivity index (χ3v) is 4.63. The highest BCUT2D eigenvalue weighted by atomic mass is 79.9. The largest absolute Gasteiger partial charge is 0.319 e. The maximum atomic E-state index is 11.4. The van der Waals surface area contributed by atoms with Crippen LogP contribution in [0, 0.1) is 10.1 Å². The first kappa shape index (κ1) is 19.5. The summed E-state index contributed by atoms with van der Waals surface area (Å²) < 4.78 is 28.3. The maximum absolute atomic E-state index is 11.4. The van der Waals surface area contributed by atoms with Crippen molar-refractivity contribution in [2.45, 2.75) is 12.0 Å². The highest BCUT2D eigenvalue weighted by molar-refractivity contribution is 9.10. The lowest BCUT2D eigenvalue weighted by Crippen LogP contribution is -2.44. The molecule has 9 heteroatoms. The van der Waals surface area contributed by atoms with Crippen molar-refractivity contribution in [1.29, 1.82) is 0 Å². The van der Waals surface area contributed by atoms with Crippen LogP contribution in [0.3, 0.4) is 0 Å². The molecule has 0 aromatic heterocycles.